The molecule has 1 rings (SSSR count). The third-order valence-corrected chi connectivity index (χ3v) is 2.43. The lowest BCUT2D eigenvalue weighted by molar-refractivity contribution is -0.138. The van der Waals surface area contributed by atoms with E-state index in [0.29, 0.717) is 6.61 Å². The van der Waals surface area contributed by atoms with Crippen molar-refractivity contribution < 1.29 is 14.3 Å². The number of benzene rings is 1. The number of hydrogen-bond donors (Lipinski definition) is 0. The second-order valence-corrected chi connectivity index (χ2v) is 4.20. The minimum absolute atomic E-state index is 0.253. The van der Waals surface area contributed by atoms with Gasteiger partial charge in [0.15, 0.2) is 0 Å². The van der Waals surface area contributed by atoms with Crippen molar-refractivity contribution in [3.63, 3.8) is 0 Å². The fourth-order valence-corrected chi connectivity index (χ4v) is 1.36. The van der Waals surface area contributed by atoms with Crippen molar-refractivity contribution in [1.82, 2.24) is 0 Å². The third kappa shape index (κ3) is 6.12. The first-order chi connectivity index (χ1) is 8.22. The van der Waals surface area contributed by atoms with Crippen LogP contribution < -0.4 is 4.74 Å². The molecule has 0 N–H and O–H groups in total. The van der Waals surface area contributed by atoms with Gasteiger partial charge in [-0.2, -0.15) is 0 Å². The Balaban J connectivity index is 2.18. The maximum atomic E-state index is 11.1. The van der Waals surface area contributed by atoms with Crippen LogP contribution >= 0.6 is 15.9 Å². The molecule has 0 saturated carbocycles. The molecule has 0 amide bonds. The lowest BCUT2D eigenvalue weighted by Crippen LogP contribution is -2.10. The molecule has 1 aromatic carbocycles. The van der Waals surface area contributed by atoms with Gasteiger partial charge in [-0.1, -0.05) is 28.9 Å². The fourth-order valence-electron chi connectivity index (χ4n) is 1.09. The molecule has 17 heavy (non-hydrogen) atoms. The topological polar surface area (TPSA) is 35.5 Å². The summed E-state index contributed by atoms with van der Waals surface area (Å²) in [5.41, 5.74) is 0. The monoisotopic (exact) mass is 298 g/mol. The first-order valence-corrected chi connectivity index (χ1v) is 6.23. The maximum Gasteiger partial charge on any atom is 0.330 e. The van der Waals surface area contributed by atoms with Gasteiger partial charge in [0.1, 0.15) is 19.0 Å². The molecule has 0 fully saturated rings. The minimum atomic E-state index is -0.328. The standard InChI is InChI=1S/C13H15BrO3/c1-2-3-4-13(15)17-10-9-16-12-7-5-11(14)6-8-12/h3-8H,2,9-10H2,1H3/b4-3+. The Labute approximate surface area is 110 Å². The van der Waals surface area contributed by atoms with Gasteiger partial charge in [0.25, 0.3) is 0 Å². The van der Waals surface area contributed by atoms with E-state index >= 15 is 0 Å². The van der Waals surface area contributed by atoms with Crippen LogP contribution in [0, 0.1) is 0 Å². The molecule has 0 spiro atoms. The second kappa shape index (κ2) is 7.90. The summed E-state index contributed by atoms with van der Waals surface area (Å²) in [6.07, 6.45) is 4.02. The maximum absolute atomic E-state index is 11.1. The summed E-state index contributed by atoms with van der Waals surface area (Å²) in [4.78, 5) is 11.1. The van der Waals surface area contributed by atoms with Crippen LogP contribution in [0.25, 0.3) is 0 Å². The number of ether oxygens (including phenoxy) is 2. The van der Waals surface area contributed by atoms with Crippen molar-refractivity contribution in [3.8, 4) is 5.75 Å². The lowest BCUT2D eigenvalue weighted by Gasteiger charge is -2.06. The molecule has 3 nitrogen and oxygen atoms in total. The van der Waals surface area contributed by atoms with Crippen molar-refractivity contribution in [2.45, 2.75) is 13.3 Å². The highest BCUT2D eigenvalue weighted by Crippen LogP contribution is 2.15. The number of carbonyl (C=O) groups is 1. The van der Waals surface area contributed by atoms with E-state index < -0.39 is 0 Å². The number of esters is 1. The highest BCUT2D eigenvalue weighted by Gasteiger charge is 1.97. The van der Waals surface area contributed by atoms with Crippen LogP contribution in [0.4, 0.5) is 0 Å². The van der Waals surface area contributed by atoms with Crippen LogP contribution in [0.15, 0.2) is 40.9 Å². The molecule has 0 bridgehead atoms. The highest BCUT2D eigenvalue weighted by atomic mass is 79.9. The van der Waals surface area contributed by atoms with E-state index in [4.69, 9.17) is 9.47 Å². The summed E-state index contributed by atoms with van der Waals surface area (Å²) in [6.45, 7) is 2.57. The number of hydrogen-bond acceptors (Lipinski definition) is 3. The largest absolute Gasteiger partial charge is 0.490 e. The summed E-state index contributed by atoms with van der Waals surface area (Å²) in [7, 11) is 0. The number of allylic oxidation sites excluding steroid dienone is 1. The van der Waals surface area contributed by atoms with Crippen LogP contribution in [-0.4, -0.2) is 19.2 Å². The van der Waals surface area contributed by atoms with E-state index in [1.807, 2.05) is 31.2 Å². The average molecular weight is 299 g/mol. The van der Waals surface area contributed by atoms with Gasteiger partial charge in [0.05, 0.1) is 0 Å². The van der Waals surface area contributed by atoms with Gasteiger partial charge in [-0.15, -0.1) is 0 Å². The zero-order valence-corrected chi connectivity index (χ0v) is 11.3. The second-order valence-electron chi connectivity index (χ2n) is 3.28. The Morgan fingerprint density at radius 1 is 1.29 bits per heavy atom. The van der Waals surface area contributed by atoms with Gasteiger partial charge in [0.2, 0.25) is 0 Å². The van der Waals surface area contributed by atoms with E-state index in [1.165, 1.54) is 6.08 Å². The van der Waals surface area contributed by atoms with Crippen molar-refractivity contribution in [1.29, 1.82) is 0 Å². The first kappa shape index (κ1) is 13.8. The molecule has 0 unspecified atom stereocenters. The van der Waals surface area contributed by atoms with Crippen LogP contribution in [0.3, 0.4) is 0 Å². The van der Waals surface area contributed by atoms with Crippen molar-refractivity contribution in [3.05, 3.63) is 40.9 Å². The minimum Gasteiger partial charge on any atom is -0.490 e. The van der Waals surface area contributed by atoms with E-state index in [0.717, 1.165) is 16.6 Å². The summed E-state index contributed by atoms with van der Waals surface area (Å²) in [5, 5.41) is 0. The zero-order chi connectivity index (χ0) is 12.5. The quantitative estimate of drug-likeness (QED) is 0.459. The van der Waals surface area contributed by atoms with Gasteiger partial charge < -0.3 is 9.47 Å². The van der Waals surface area contributed by atoms with Crippen molar-refractivity contribution in [2.24, 2.45) is 0 Å². The summed E-state index contributed by atoms with van der Waals surface area (Å²) in [6, 6.07) is 7.49. The van der Waals surface area contributed by atoms with E-state index in [1.54, 1.807) is 6.08 Å². The molecule has 0 heterocycles. The molecule has 0 saturated heterocycles. The van der Waals surface area contributed by atoms with E-state index in [-0.39, 0.29) is 12.6 Å². The van der Waals surface area contributed by atoms with Gasteiger partial charge in [-0.3, -0.25) is 0 Å². The fraction of sp³-hybridized carbons (Fsp3) is 0.308. The summed E-state index contributed by atoms with van der Waals surface area (Å²) in [5.74, 6) is 0.430. The Morgan fingerprint density at radius 2 is 2.00 bits per heavy atom. The lowest BCUT2D eigenvalue weighted by atomic mass is 10.3. The normalized spacial score (nSPS) is 10.5. The van der Waals surface area contributed by atoms with Crippen molar-refractivity contribution >= 4 is 21.9 Å². The van der Waals surface area contributed by atoms with Gasteiger partial charge in [-0.05, 0) is 30.7 Å². The predicted molar refractivity (Wildman–Crippen MR) is 70.0 cm³/mol. The molecule has 1 aromatic rings. The van der Waals surface area contributed by atoms with E-state index in [9.17, 15) is 4.79 Å². The predicted octanol–water partition coefficient (Wildman–Crippen LogP) is 3.34. The first-order valence-electron chi connectivity index (χ1n) is 5.44. The number of rotatable bonds is 6. The summed E-state index contributed by atoms with van der Waals surface area (Å²) < 4.78 is 11.3. The number of carbonyl (C=O) groups excluding carboxylic acids is 1. The summed E-state index contributed by atoms with van der Waals surface area (Å²) >= 11 is 3.34. The average Bonchev–Trinajstić information content (AvgIpc) is 2.34. The van der Waals surface area contributed by atoms with Crippen LogP contribution in [-0.2, 0) is 9.53 Å². The molecular formula is C13H15BrO3. The SMILES string of the molecule is CC/C=C/C(=O)OCCOc1ccc(Br)cc1. The molecular weight excluding hydrogens is 284 g/mol. The number of halogens is 1. The van der Waals surface area contributed by atoms with Crippen LogP contribution in [0.1, 0.15) is 13.3 Å². The Bertz CT molecular complexity index is 371. The zero-order valence-electron chi connectivity index (χ0n) is 9.69. The van der Waals surface area contributed by atoms with Crippen LogP contribution in [0.2, 0.25) is 0 Å². The Hall–Kier alpha value is -1.29. The molecule has 0 aromatic heterocycles. The van der Waals surface area contributed by atoms with Gasteiger partial charge >= 0.3 is 5.97 Å². The molecule has 0 aliphatic carbocycles. The molecule has 0 atom stereocenters. The van der Waals surface area contributed by atoms with Gasteiger partial charge in [-0.25, -0.2) is 4.79 Å². The Kier molecular flexibility index (Phi) is 6.40. The van der Waals surface area contributed by atoms with Crippen molar-refractivity contribution in [2.75, 3.05) is 13.2 Å². The molecule has 0 radical (unpaired) electrons. The smallest absolute Gasteiger partial charge is 0.330 e. The third-order valence-electron chi connectivity index (χ3n) is 1.90. The highest BCUT2D eigenvalue weighted by molar-refractivity contribution is 9.10. The van der Waals surface area contributed by atoms with Gasteiger partial charge in [0, 0.05) is 10.5 Å². The Morgan fingerprint density at radius 3 is 2.65 bits per heavy atom. The van der Waals surface area contributed by atoms with Crippen LogP contribution in [0.5, 0.6) is 5.75 Å². The molecule has 0 aliphatic rings. The van der Waals surface area contributed by atoms with E-state index in [2.05, 4.69) is 15.9 Å². The molecule has 4 heteroatoms. The molecule has 0 aliphatic heterocycles. The molecule has 92 valence electrons.